The summed E-state index contributed by atoms with van der Waals surface area (Å²) < 4.78 is 1.14. The summed E-state index contributed by atoms with van der Waals surface area (Å²) in [5.41, 5.74) is 1.70. The lowest BCUT2D eigenvalue weighted by Crippen LogP contribution is -2.24. The van der Waals surface area contributed by atoms with Crippen molar-refractivity contribution in [3.05, 3.63) is 34.3 Å². The SMILES string of the molecule is CC(CCl)(Cc1ccc(Br)cc1)C1CC1. The van der Waals surface area contributed by atoms with Gasteiger partial charge in [-0.05, 0) is 48.3 Å². The van der Waals surface area contributed by atoms with Gasteiger partial charge in [-0.1, -0.05) is 35.0 Å². The van der Waals surface area contributed by atoms with Crippen molar-refractivity contribution >= 4 is 27.5 Å². The summed E-state index contributed by atoms with van der Waals surface area (Å²) in [6, 6.07) is 8.60. The predicted molar refractivity (Wildman–Crippen MR) is 69.4 cm³/mol. The summed E-state index contributed by atoms with van der Waals surface area (Å²) in [6.07, 6.45) is 3.83. The molecule has 15 heavy (non-hydrogen) atoms. The van der Waals surface area contributed by atoms with E-state index < -0.39 is 0 Å². The molecule has 1 aliphatic rings. The second-order valence-electron chi connectivity index (χ2n) is 4.87. The van der Waals surface area contributed by atoms with E-state index in [0.29, 0.717) is 5.41 Å². The van der Waals surface area contributed by atoms with Crippen molar-refractivity contribution < 1.29 is 0 Å². The van der Waals surface area contributed by atoms with Crippen molar-refractivity contribution in [2.24, 2.45) is 11.3 Å². The van der Waals surface area contributed by atoms with E-state index in [-0.39, 0.29) is 0 Å². The second kappa shape index (κ2) is 4.47. The van der Waals surface area contributed by atoms with Crippen molar-refractivity contribution in [1.29, 1.82) is 0 Å². The van der Waals surface area contributed by atoms with Crippen molar-refractivity contribution in [3.8, 4) is 0 Å². The molecule has 1 atom stereocenters. The van der Waals surface area contributed by atoms with Crippen LogP contribution in [-0.4, -0.2) is 5.88 Å². The molecule has 1 saturated carbocycles. The van der Waals surface area contributed by atoms with E-state index in [1.54, 1.807) is 0 Å². The molecule has 1 unspecified atom stereocenters. The van der Waals surface area contributed by atoms with Crippen LogP contribution in [0.4, 0.5) is 0 Å². The Kier molecular flexibility index (Phi) is 3.42. The van der Waals surface area contributed by atoms with E-state index in [0.717, 1.165) is 22.7 Å². The van der Waals surface area contributed by atoms with Gasteiger partial charge in [-0.3, -0.25) is 0 Å². The van der Waals surface area contributed by atoms with Crippen LogP contribution in [0.25, 0.3) is 0 Å². The minimum atomic E-state index is 0.301. The highest BCUT2D eigenvalue weighted by Crippen LogP contribution is 2.48. The van der Waals surface area contributed by atoms with Crippen molar-refractivity contribution in [2.45, 2.75) is 26.2 Å². The number of rotatable bonds is 4. The quantitative estimate of drug-likeness (QED) is 0.707. The number of benzene rings is 1. The molecule has 0 nitrogen and oxygen atoms in total. The molecule has 1 aromatic rings. The molecule has 1 aliphatic carbocycles. The van der Waals surface area contributed by atoms with Crippen LogP contribution in [-0.2, 0) is 6.42 Å². The molecule has 0 spiro atoms. The molecule has 82 valence electrons. The summed E-state index contributed by atoms with van der Waals surface area (Å²) >= 11 is 9.57. The second-order valence-corrected chi connectivity index (χ2v) is 6.05. The third-order valence-corrected chi connectivity index (χ3v) is 4.53. The van der Waals surface area contributed by atoms with Gasteiger partial charge in [0.1, 0.15) is 0 Å². The summed E-state index contributed by atoms with van der Waals surface area (Å²) in [5.74, 6) is 1.62. The lowest BCUT2D eigenvalue weighted by Gasteiger charge is -2.27. The molecule has 0 saturated heterocycles. The number of hydrogen-bond donors (Lipinski definition) is 0. The third-order valence-electron chi connectivity index (χ3n) is 3.39. The first kappa shape index (κ1) is 11.5. The van der Waals surface area contributed by atoms with Crippen molar-refractivity contribution in [2.75, 3.05) is 5.88 Å². The third kappa shape index (κ3) is 2.76. The first-order chi connectivity index (χ1) is 7.14. The highest BCUT2D eigenvalue weighted by molar-refractivity contribution is 9.10. The number of hydrogen-bond acceptors (Lipinski definition) is 0. The lowest BCUT2D eigenvalue weighted by atomic mass is 9.81. The highest BCUT2D eigenvalue weighted by atomic mass is 79.9. The molecular weight excluding hydrogens is 272 g/mol. The monoisotopic (exact) mass is 286 g/mol. The molecule has 0 bridgehead atoms. The van der Waals surface area contributed by atoms with Crippen LogP contribution in [0.2, 0.25) is 0 Å². The molecule has 0 amide bonds. The van der Waals surface area contributed by atoms with Crippen LogP contribution in [0.15, 0.2) is 28.7 Å². The Bertz CT molecular complexity index is 329. The van der Waals surface area contributed by atoms with Gasteiger partial charge in [0.15, 0.2) is 0 Å². The fraction of sp³-hybridized carbons (Fsp3) is 0.538. The van der Waals surface area contributed by atoms with Gasteiger partial charge in [0.2, 0.25) is 0 Å². The molecule has 0 aromatic heterocycles. The maximum Gasteiger partial charge on any atom is 0.0283 e. The first-order valence-electron chi connectivity index (χ1n) is 5.44. The standard InChI is InChI=1S/C13H16BrCl/c1-13(9-15,11-4-5-11)8-10-2-6-12(14)7-3-10/h2-3,6-7,11H,4-5,8-9H2,1H3. The Morgan fingerprint density at radius 2 is 1.93 bits per heavy atom. The van der Waals surface area contributed by atoms with Gasteiger partial charge in [-0.15, -0.1) is 11.6 Å². The van der Waals surface area contributed by atoms with E-state index in [1.165, 1.54) is 18.4 Å². The van der Waals surface area contributed by atoms with Crippen molar-refractivity contribution in [3.63, 3.8) is 0 Å². The molecule has 0 aliphatic heterocycles. The minimum absolute atomic E-state index is 0.301. The van der Waals surface area contributed by atoms with Crippen molar-refractivity contribution in [1.82, 2.24) is 0 Å². The summed E-state index contributed by atoms with van der Waals surface area (Å²) in [4.78, 5) is 0. The fourth-order valence-corrected chi connectivity index (χ4v) is 2.73. The van der Waals surface area contributed by atoms with E-state index in [9.17, 15) is 0 Å². The van der Waals surface area contributed by atoms with Crippen LogP contribution in [0.5, 0.6) is 0 Å². The smallest absolute Gasteiger partial charge is 0.0283 e. The van der Waals surface area contributed by atoms with Crippen LogP contribution < -0.4 is 0 Å². The fourth-order valence-electron chi connectivity index (χ4n) is 2.15. The van der Waals surface area contributed by atoms with E-state index in [2.05, 4.69) is 47.1 Å². The molecule has 1 fully saturated rings. The zero-order valence-electron chi connectivity index (χ0n) is 8.97. The maximum atomic E-state index is 6.12. The van der Waals surface area contributed by atoms with Crippen LogP contribution in [0.3, 0.4) is 0 Å². The Morgan fingerprint density at radius 3 is 2.40 bits per heavy atom. The summed E-state index contributed by atoms with van der Waals surface area (Å²) in [7, 11) is 0. The normalized spacial score (nSPS) is 19.9. The Labute approximate surface area is 105 Å². The number of halogens is 2. The molecule has 0 radical (unpaired) electrons. The van der Waals surface area contributed by atoms with Gasteiger partial charge in [0, 0.05) is 10.4 Å². The zero-order valence-corrected chi connectivity index (χ0v) is 11.3. The van der Waals surface area contributed by atoms with E-state index >= 15 is 0 Å². The summed E-state index contributed by atoms with van der Waals surface area (Å²) in [6.45, 7) is 2.32. The lowest BCUT2D eigenvalue weighted by molar-refractivity contribution is 0.313. The molecule has 1 aromatic carbocycles. The van der Waals surface area contributed by atoms with E-state index in [1.807, 2.05) is 0 Å². The van der Waals surface area contributed by atoms with Gasteiger partial charge in [0.05, 0.1) is 0 Å². The minimum Gasteiger partial charge on any atom is -0.126 e. The molecular formula is C13H16BrCl. The molecule has 0 N–H and O–H groups in total. The van der Waals surface area contributed by atoms with E-state index in [4.69, 9.17) is 11.6 Å². The molecule has 2 heteroatoms. The summed E-state index contributed by atoms with van der Waals surface area (Å²) in [5, 5.41) is 0. The Balaban J connectivity index is 2.09. The van der Waals surface area contributed by atoms with Gasteiger partial charge in [0.25, 0.3) is 0 Å². The van der Waals surface area contributed by atoms with Gasteiger partial charge >= 0.3 is 0 Å². The molecule has 0 heterocycles. The van der Waals surface area contributed by atoms with Crippen LogP contribution in [0.1, 0.15) is 25.3 Å². The Morgan fingerprint density at radius 1 is 1.33 bits per heavy atom. The Hall–Kier alpha value is -0.0100. The van der Waals surface area contributed by atoms with Gasteiger partial charge < -0.3 is 0 Å². The van der Waals surface area contributed by atoms with Crippen LogP contribution >= 0.6 is 27.5 Å². The highest BCUT2D eigenvalue weighted by Gasteiger charge is 2.40. The maximum absolute atomic E-state index is 6.12. The average Bonchev–Trinajstić information content (AvgIpc) is 3.05. The average molecular weight is 288 g/mol. The largest absolute Gasteiger partial charge is 0.126 e. The number of alkyl halides is 1. The predicted octanol–water partition coefficient (Wildman–Crippen LogP) is 4.65. The van der Waals surface area contributed by atoms with Crippen LogP contribution in [0, 0.1) is 11.3 Å². The first-order valence-corrected chi connectivity index (χ1v) is 6.77. The topological polar surface area (TPSA) is 0 Å². The zero-order chi connectivity index (χ0) is 10.9. The molecule has 2 rings (SSSR count). The van der Waals surface area contributed by atoms with Gasteiger partial charge in [-0.2, -0.15) is 0 Å². The van der Waals surface area contributed by atoms with Gasteiger partial charge in [-0.25, -0.2) is 0 Å².